The second kappa shape index (κ2) is 9.83. The van der Waals surface area contributed by atoms with Gasteiger partial charge in [0.15, 0.2) is 0 Å². The fourth-order valence-electron chi connectivity index (χ4n) is 2.35. The minimum atomic E-state index is -2.67. The van der Waals surface area contributed by atoms with Crippen molar-refractivity contribution in [1.29, 1.82) is 0 Å². The van der Waals surface area contributed by atoms with Gasteiger partial charge in [-0.1, -0.05) is 58.8 Å². The fourth-order valence-corrected chi connectivity index (χ4v) is 2.35. The summed E-state index contributed by atoms with van der Waals surface area (Å²) in [5.74, 6) is -0.0136. The van der Waals surface area contributed by atoms with Crippen molar-refractivity contribution in [2.45, 2.75) is 84.0 Å². The van der Waals surface area contributed by atoms with Gasteiger partial charge < -0.3 is 4.42 Å². The van der Waals surface area contributed by atoms with Crippen LogP contribution in [0.1, 0.15) is 95.8 Å². The number of hydrogen-bond acceptors (Lipinski definition) is 3. The molecule has 1 unspecified atom stereocenters. The second-order valence-electron chi connectivity index (χ2n) is 5.32. The summed E-state index contributed by atoms with van der Waals surface area (Å²) in [4.78, 5) is 0. The lowest BCUT2D eigenvalue weighted by molar-refractivity contribution is 0.112. The van der Waals surface area contributed by atoms with E-state index in [1.54, 1.807) is 0 Å². The smallest absolute Gasteiger partial charge is 0.314 e. The largest absolute Gasteiger partial charge is 0.419 e. The van der Waals surface area contributed by atoms with E-state index in [4.69, 9.17) is 4.42 Å². The van der Waals surface area contributed by atoms with Crippen LogP contribution in [0.2, 0.25) is 0 Å². The van der Waals surface area contributed by atoms with Gasteiger partial charge in [-0.15, -0.1) is 10.2 Å². The third-order valence-corrected chi connectivity index (χ3v) is 3.55. The molecule has 1 atom stereocenters. The molecule has 1 aromatic heterocycles. The molecule has 20 heavy (non-hydrogen) atoms. The summed E-state index contributed by atoms with van der Waals surface area (Å²) in [6.07, 6.45) is 7.29. The maximum atomic E-state index is 12.5. The molecular formula is C15H26F2N2O. The molecule has 0 aliphatic heterocycles. The monoisotopic (exact) mass is 288 g/mol. The van der Waals surface area contributed by atoms with Crippen LogP contribution in [0, 0.1) is 0 Å². The highest BCUT2D eigenvalue weighted by Crippen LogP contribution is 2.29. The summed E-state index contributed by atoms with van der Waals surface area (Å²) in [6.45, 7) is 4.32. The van der Waals surface area contributed by atoms with E-state index in [-0.39, 0.29) is 5.92 Å². The molecule has 0 spiro atoms. The van der Waals surface area contributed by atoms with E-state index in [1.807, 2.05) is 0 Å². The Morgan fingerprint density at radius 3 is 1.95 bits per heavy atom. The van der Waals surface area contributed by atoms with Crippen LogP contribution >= 0.6 is 0 Å². The lowest BCUT2D eigenvalue weighted by Gasteiger charge is -2.12. The Morgan fingerprint density at radius 2 is 1.40 bits per heavy atom. The Balaban J connectivity index is 2.54. The van der Waals surface area contributed by atoms with Gasteiger partial charge in [0.1, 0.15) is 0 Å². The van der Waals surface area contributed by atoms with Gasteiger partial charge in [0.25, 0.3) is 5.89 Å². The molecule has 1 rings (SSSR count). The van der Waals surface area contributed by atoms with E-state index in [2.05, 4.69) is 24.0 Å². The molecule has 0 radical (unpaired) electrons. The first-order valence-electron chi connectivity index (χ1n) is 7.80. The van der Waals surface area contributed by atoms with Crippen LogP contribution in [0.15, 0.2) is 4.42 Å². The Bertz CT molecular complexity index is 355. The molecule has 3 nitrogen and oxygen atoms in total. The summed E-state index contributed by atoms with van der Waals surface area (Å²) in [7, 11) is 0. The first-order valence-corrected chi connectivity index (χ1v) is 7.80. The molecule has 0 bridgehead atoms. The predicted molar refractivity (Wildman–Crippen MR) is 74.9 cm³/mol. The van der Waals surface area contributed by atoms with Crippen LogP contribution in [-0.4, -0.2) is 10.2 Å². The number of unbranched alkanes of at least 4 members (excludes halogenated alkanes) is 5. The summed E-state index contributed by atoms with van der Waals surface area (Å²) >= 11 is 0. The average molecular weight is 288 g/mol. The molecule has 1 aromatic rings. The first-order chi connectivity index (χ1) is 9.69. The minimum absolute atomic E-state index is 0.137. The van der Waals surface area contributed by atoms with Gasteiger partial charge in [-0.25, -0.2) is 0 Å². The highest BCUT2D eigenvalue weighted by atomic mass is 19.3. The van der Waals surface area contributed by atoms with Gasteiger partial charge in [0.2, 0.25) is 5.89 Å². The molecule has 116 valence electrons. The van der Waals surface area contributed by atoms with E-state index < -0.39 is 12.3 Å². The quantitative estimate of drug-likeness (QED) is 0.494. The molecule has 0 N–H and O–H groups in total. The number of hydrogen-bond donors (Lipinski definition) is 0. The van der Waals surface area contributed by atoms with Crippen LogP contribution in [0.5, 0.6) is 0 Å². The molecule has 0 fully saturated rings. The van der Waals surface area contributed by atoms with Crippen molar-refractivity contribution in [2.75, 3.05) is 0 Å². The summed E-state index contributed by atoms with van der Waals surface area (Å²) < 4.78 is 30.1. The molecule has 1 heterocycles. The zero-order valence-corrected chi connectivity index (χ0v) is 12.6. The van der Waals surface area contributed by atoms with Gasteiger partial charge in [-0.05, 0) is 12.8 Å². The van der Waals surface area contributed by atoms with Gasteiger partial charge in [-0.3, -0.25) is 0 Å². The van der Waals surface area contributed by atoms with Crippen molar-refractivity contribution in [1.82, 2.24) is 10.2 Å². The van der Waals surface area contributed by atoms with Crippen LogP contribution in [-0.2, 0) is 0 Å². The van der Waals surface area contributed by atoms with E-state index in [0.29, 0.717) is 5.89 Å². The van der Waals surface area contributed by atoms with Crippen molar-refractivity contribution in [3.05, 3.63) is 11.8 Å². The van der Waals surface area contributed by atoms with Crippen molar-refractivity contribution < 1.29 is 13.2 Å². The fraction of sp³-hybridized carbons (Fsp3) is 0.867. The standard InChI is InChI=1S/C15H26F2N2O/c1-3-5-7-9-11-12(10-8-6-4-2)14-18-19-15(20-14)13(16)17/h12-13H,3-11H2,1-2H3. The van der Waals surface area contributed by atoms with Crippen LogP contribution in [0.4, 0.5) is 8.78 Å². The second-order valence-corrected chi connectivity index (χ2v) is 5.32. The van der Waals surface area contributed by atoms with Crippen LogP contribution in [0.25, 0.3) is 0 Å². The third kappa shape index (κ3) is 5.97. The molecule has 0 aliphatic rings. The van der Waals surface area contributed by atoms with Crippen molar-refractivity contribution in [3.63, 3.8) is 0 Å². The minimum Gasteiger partial charge on any atom is -0.419 e. The highest BCUT2D eigenvalue weighted by Gasteiger charge is 2.21. The summed E-state index contributed by atoms with van der Waals surface area (Å²) in [5, 5.41) is 7.26. The topological polar surface area (TPSA) is 38.9 Å². The first kappa shape index (κ1) is 17.1. The number of alkyl halides is 2. The van der Waals surface area contributed by atoms with Crippen LogP contribution < -0.4 is 0 Å². The van der Waals surface area contributed by atoms with Crippen molar-refractivity contribution in [3.8, 4) is 0 Å². The van der Waals surface area contributed by atoms with Gasteiger partial charge in [0.05, 0.1) is 0 Å². The molecule has 0 saturated heterocycles. The Hall–Kier alpha value is -1.00. The number of nitrogens with zero attached hydrogens (tertiary/aromatic N) is 2. The van der Waals surface area contributed by atoms with E-state index in [1.165, 1.54) is 19.3 Å². The van der Waals surface area contributed by atoms with Crippen molar-refractivity contribution in [2.24, 2.45) is 0 Å². The Labute approximate surface area is 120 Å². The third-order valence-electron chi connectivity index (χ3n) is 3.55. The van der Waals surface area contributed by atoms with E-state index >= 15 is 0 Å². The summed E-state index contributed by atoms with van der Waals surface area (Å²) in [6, 6.07) is 0. The summed E-state index contributed by atoms with van der Waals surface area (Å²) in [5.41, 5.74) is 0. The normalized spacial score (nSPS) is 13.1. The molecule has 0 aliphatic carbocycles. The molecule has 0 saturated carbocycles. The molecule has 0 aromatic carbocycles. The zero-order valence-electron chi connectivity index (χ0n) is 12.6. The van der Waals surface area contributed by atoms with Gasteiger partial charge in [-0.2, -0.15) is 8.78 Å². The molecule has 0 amide bonds. The lowest BCUT2D eigenvalue weighted by Crippen LogP contribution is -2.00. The SMILES string of the molecule is CCCCCCC(CCCCC)c1nnc(C(F)F)o1. The maximum Gasteiger partial charge on any atom is 0.314 e. The number of rotatable bonds is 11. The molecule has 5 heteroatoms. The van der Waals surface area contributed by atoms with Gasteiger partial charge in [0, 0.05) is 5.92 Å². The Morgan fingerprint density at radius 1 is 0.850 bits per heavy atom. The van der Waals surface area contributed by atoms with Gasteiger partial charge >= 0.3 is 6.43 Å². The van der Waals surface area contributed by atoms with E-state index in [0.717, 1.165) is 38.5 Å². The number of halogens is 2. The number of aromatic nitrogens is 2. The highest BCUT2D eigenvalue weighted by molar-refractivity contribution is 4.92. The lowest BCUT2D eigenvalue weighted by atomic mass is 9.95. The maximum absolute atomic E-state index is 12.5. The predicted octanol–water partition coefficient (Wildman–Crippen LogP) is 5.64. The van der Waals surface area contributed by atoms with E-state index in [9.17, 15) is 8.78 Å². The van der Waals surface area contributed by atoms with Crippen molar-refractivity contribution >= 4 is 0 Å². The zero-order chi connectivity index (χ0) is 14.8. The van der Waals surface area contributed by atoms with Crippen LogP contribution in [0.3, 0.4) is 0 Å². The average Bonchev–Trinajstić information content (AvgIpc) is 2.91. The molecular weight excluding hydrogens is 262 g/mol. The Kier molecular flexibility index (Phi) is 8.38.